The molecule has 0 aliphatic carbocycles. The molecule has 3 aromatic carbocycles. The molecule has 3 heteroatoms. The summed E-state index contributed by atoms with van der Waals surface area (Å²) in [6, 6.07) is 17.5. The van der Waals surface area contributed by atoms with E-state index >= 15 is 0 Å². The van der Waals surface area contributed by atoms with Crippen LogP contribution in [0.25, 0.3) is 21.5 Å². The van der Waals surface area contributed by atoms with Gasteiger partial charge < -0.3 is 4.74 Å². The highest BCUT2D eigenvalue weighted by molar-refractivity contribution is 5.93. The van der Waals surface area contributed by atoms with Crippen LogP contribution in [0.2, 0.25) is 0 Å². The predicted molar refractivity (Wildman–Crippen MR) is 102 cm³/mol. The van der Waals surface area contributed by atoms with Crippen LogP contribution in [0.3, 0.4) is 0 Å². The van der Waals surface area contributed by atoms with Gasteiger partial charge in [-0.2, -0.15) is 0 Å². The van der Waals surface area contributed by atoms with Crippen molar-refractivity contribution in [2.24, 2.45) is 0 Å². The highest BCUT2D eigenvalue weighted by atomic mass is 16.5. The normalized spacial score (nSPS) is 12.2. The van der Waals surface area contributed by atoms with Gasteiger partial charge in [-0.1, -0.05) is 68.4 Å². The van der Waals surface area contributed by atoms with Gasteiger partial charge in [-0.25, -0.2) is 0 Å². The fourth-order valence-electron chi connectivity index (χ4n) is 3.10. The van der Waals surface area contributed by atoms with Crippen molar-refractivity contribution >= 4 is 27.5 Å². The summed E-state index contributed by atoms with van der Waals surface area (Å²) in [5.74, 6) is -0.0475. The maximum atomic E-state index is 12.8. The molecule has 0 N–H and O–H groups in total. The molecule has 0 heterocycles. The molecule has 0 bridgehead atoms. The number of ether oxygens (including phenoxy) is 1. The second kappa shape index (κ2) is 7.47. The van der Waals surface area contributed by atoms with E-state index in [1.165, 1.54) is 0 Å². The fourth-order valence-corrected chi connectivity index (χ4v) is 3.10. The van der Waals surface area contributed by atoms with E-state index in [4.69, 9.17) is 4.74 Å². The lowest BCUT2D eigenvalue weighted by atomic mass is 9.95. The van der Waals surface area contributed by atoms with Crippen LogP contribution in [0.15, 0.2) is 59.4 Å². The van der Waals surface area contributed by atoms with Gasteiger partial charge in [0.1, 0.15) is 0 Å². The van der Waals surface area contributed by atoms with Gasteiger partial charge in [0, 0.05) is 23.1 Å². The molecule has 0 aliphatic heterocycles. The molecule has 0 aromatic heterocycles. The average molecular weight is 334 g/mol. The third-order valence-electron chi connectivity index (χ3n) is 4.67. The molecule has 0 fully saturated rings. The first-order chi connectivity index (χ1) is 12.1. The summed E-state index contributed by atoms with van der Waals surface area (Å²) < 4.78 is 5.32. The molecule has 0 aliphatic rings. The van der Waals surface area contributed by atoms with Crippen LogP contribution in [0.4, 0.5) is 0 Å². The lowest BCUT2D eigenvalue weighted by Gasteiger charge is -2.15. The Labute approximate surface area is 147 Å². The first-order valence-electron chi connectivity index (χ1n) is 8.75. The summed E-state index contributed by atoms with van der Waals surface area (Å²) in [5, 5.41) is 3.30. The van der Waals surface area contributed by atoms with Crippen molar-refractivity contribution in [3.05, 3.63) is 70.4 Å². The molecule has 128 valence electrons. The number of fused-ring (bicyclic) bond motifs is 2. The van der Waals surface area contributed by atoms with E-state index in [-0.39, 0.29) is 17.3 Å². The zero-order valence-corrected chi connectivity index (χ0v) is 14.6. The number of rotatable bonds is 5. The summed E-state index contributed by atoms with van der Waals surface area (Å²) >= 11 is 0. The quantitative estimate of drug-likeness (QED) is 0.630. The van der Waals surface area contributed by atoms with E-state index in [9.17, 15) is 9.59 Å². The summed E-state index contributed by atoms with van der Waals surface area (Å²) in [6.07, 6.45) is 1.25. The van der Waals surface area contributed by atoms with Crippen molar-refractivity contribution in [1.29, 1.82) is 0 Å². The Bertz CT molecular complexity index is 975. The summed E-state index contributed by atoms with van der Waals surface area (Å²) in [7, 11) is 0. The molecule has 3 nitrogen and oxygen atoms in total. The van der Waals surface area contributed by atoms with Crippen molar-refractivity contribution in [3.8, 4) is 0 Å². The van der Waals surface area contributed by atoms with Crippen LogP contribution in [-0.4, -0.2) is 12.6 Å². The highest BCUT2D eigenvalue weighted by Gasteiger charge is 2.13. The van der Waals surface area contributed by atoms with E-state index in [0.717, 1.165) is 28.1 Å². The van der Waals surface area contributed by atoms with Gasteiger partial charge in [0.25, 0.3) is 0 Å². The molecule has 3 rings (SSSR count). The lowest BCUT2D eigenvalue weighted by molar-refractivity contribution is -0.143. The van der Waals surface area contributed by atoms with E-state index in [2.05, 4.69) is 6.92 Å². The third kappa shape index (κ3) is 3.55. The molecule has 1 unspecified atom stereocenters. The Balaban J connectivity index is 2.06. The predicted octanol–water partition coefficient (Wildman–Crippen LogP) is 4.80. The van der Waals surface area contributed by atoms with Gasteiger partial charge in [-0.15, -0.1) is 0 Å². The number of esters is 1. The molecule has 0 amide bonds. The monoisotopic (exact) mass is 334 g/mol. The first kappa shape index (κ1) is 17.2. The standard InChI is InChI=1S/C22H22O3/c1-3-15(14-25-21(23)4-2)17-11-12-20-18(13-17)10-9-16-7-5-6-8-19(16)22(20)24/h5-13,15H,3-4,14H2,1-2H3. The first-order valence-corrected chi connectivity index (χ1v) is 8.75. The number of carbonyl (C=O) groups is 1. The van der Waals surface area contributed by atoms with E-state index in [0.29, 0.717) is 18.4 Å². The van der Waals surface area contributed by atoms with Crippen molar-refractivity contribution < 1.29 is 9.53 Å². The van der Waals surface area contributed by atoms with Gasteiger partial charge >= 0.3 is 5.97 Å². The summed E-state index contributed by atoms with van der Waals surface area (Å²) in [4.78, 5) is 24.3. The van der Waals surface area contributed by atoms with Gasteiger partial charge in [-0.05, 0) is 22.8 Å². The van der Waals surface area contributed by atoms with Crippen LogP contribution in [0, 0.1) is 0 Å². The van der Waals surface area contributed by atoms with Crippen molar-refractivity contribution in [1.82, 2.24) is 0 Å². The lowest BCUT2D eigenvalue weighted by Crippen LogP contribution is -2.11. The summed E-state index contributed by atoms with van der Waals surface area (Å²) in [5.41, 5.74) is 1.14. The molecule has 25 heavy (non-hydrogen) atoms. The molecule has 1 atom stereocenters. The largest absolute Gasteiger partial charge is 0.465 e. The third-order valence-corrected chi connectivity index (χ3v) is 4.67. The van der Waals surface area contributed by atoms with Crippen molar-refractivity contribution in [2.45, 2.75) is 32.6 Å². The molecular weight excluding hydrogens is 312 g/mol. The van der Waals surface area contributed by atoms with Crippen LogP contribution in [0.5, 0.6) is 0 Å². The van der Waals surface area contributed by atoms with Gasteiger partial charge in [0.05, 0.1) is 6.61 Å². The molecule has 0 saturated carbocycles. The minimum atomic E-state index is -0.182. The number of benzene rings is 2. The Morgan fingerprint density at radius 3 is 2.44 bits per heavy atom. The minimum Gasteiger partial charge on any atom is -0.465 e. The average Bonchev–Trinajstić information content (AvgIpc) is 2.79. The maximum Gasteiger partial charge on any atom is 0.305 e. The van der Waals surface area contributed by atoms with E-state index in [1.54, 1.807) is 6.92 Å². The van der Waals surface area contributed by atoms with Crippen LogP contribution < -0.4 is 5.43 Å². The number of hydrogen-bond acceptors (Lipinski definition) is 3. The molecular formula is C22H22O3. The van der Waals surface area contributed by atoms with Gasteiger partial charge in [0.2, 0.25) is 0 Å². The van der Waals surface area contributed by atoms with Crippen LogP contribution >= 0.6 is 0 Å². The van der Waals surface area contributed by atoms with Gasteiger partial charge in [0.15, 0.2) is 5.43 Å². The maximum absolute atomic E-state index is 12.8. The summed E-state index contributed by atoms with van der Waals surface area (Å²) in [6.45, 7) is 4.24. The Hall–Kier alpha value is -2.68. The minimum absolute atomic E-state index is 0.0487. The highest BCUT2D eigenvalue weighted by Crippen LogP contribution is 2.24. The molecule has 0 saturated heterocycles. The second-order valence-electron chi connectivity index (χ2n) is 6.24. The topological polar surface area (TPSA) is 43.4 Å². The zero-order valence-electron chi connectivity index (χ0n) is 14.6. The Kier molecular flexibility index (Phi) is 5.13. The number of hydrogen-bond donors (Lipinski definition) is 0. The van der Waals surface area contributed by atoms with E-state index < -0.39 is 0 Å². The van der Waals surface area contributed by atoms with Crippen LogP contribution in [-0.2, 0) is 9.53 Å². The molecule has 3 aromatic rings. The van der Waals surface area contributed by atoms with E-state index in [1.807, 2.05) is 54.6 Å². The zero-order chi connectivity index (χ0) is 17.8. The van der Waals surface area contributed by atoms with Crippen molar-refractivity contribution in [2.75, 3.05) is 6.61 Å². The Morgan fingerprint density at radius 2 is 1.68 bits per heavy atom. The van der Waals surface area contributed by atoms with Crippen molar-refractivity contribution in [3.63, 3.8) is 0 Å². The Morgan fingerprint density at radius 1 is 0.960 bits per heavy atom. The SMILES string of the molecule is CCC(=O)OCC(CC)c1ccc2c(=O)c3ccccc3ccc2c1. The molecule has 0 radical (unpaired) electrons. The molecule has 0 spiro atoms. The second-order valence-corrected chi connectivity index (χ2v) is 6.24. The number of carbonyl (C=O) groups excluding carboxylic acids is 1. The van der Waals surface area contributed by atoms with Gasteiger partial charge in [-0.3, -0.25) is 9.59 Å². The smallest absolute Gasteiger partial charge is 0.305 e. The van der Waals surface area contributed by atoms with Crippen LogP contribution in [0.1, 0.15) is 38.2 Å². The fraction of sp³-hybridized carbons (Fsp3) is 0.273.